The Morgan fingerprint density at radius 2 is 2.09 bits per heavy atom. The number of nitrogens with zero attached hydrogens (tertiary/aromatic N) is 5. The van der Waals surface area contributed by atoms with Crippen LogP contribution in [0.3, 0.4) is 0 Å². The zero-order valence-electron chi connectivity index (χ0n) is 17.3. The van der Waals surface area contributed by atoms with Crippen LogP contribution < -0.4 is 31.5 Å². The number of aromatic nitrogens is 2. The highest BCUT2D eigenvalue weighted by molar-refractivity contribution is 5.82. The molecule has 0 radical (unpaired) electrons. The fraction of sp³-hybridized carbons (Fsp3) is 0.300. The molecule has 0 aliphatic carbocycles. The smallest absolute Gasteiger partial charge is 0.263 e. The maximum Gasteiger partial charge on any atom is 0.263 e. The molecule has 0 atom stereocenters. The highest BCUT2D eigenvalue weighted by Gasteiger charge is 2.20. The van der Waals surface area contributed by atoms with Crippen molar-refractivity contribution in [3.05, 3.63) is 52.9 Å². The molecule has 2 aromatic rings. The number of nitrogens with one attached hydrogen (secondary N) is 1. The minimum atomic E-state index is -2.59. The van der Waals surface area contributed by atoms with Gasteiger partial charge in [0, 0.05) is 30.4 Å². The molecule has 0 spiro atoms. The van der Waals surface area contributed by atoms with Gasteiger partial charge in [0.1, 0.15) is 18.2 Å². The molecule has 1 aromatic heterocycles. The number of nitriles is 1. The second kappa shape index (κ2) is 9.88. The number of hydrogen-bond donors (Lipinski definition) is 3. The molecule has 32 heavy (non-hydrogen) atoms. The monoisotopic (exact) mass is 444 g/mol. The molecular weight excluding hydrogens is 422 g/mol. The number of alkyl halides is 2. The van der Waals surface area contributed by atoms with E-state index in [1.807, 2.05) is 6.07 Å². The zero-order valence-corrected chi connectivity index (χ0v) is 17.3. The van der Waals surface area contributed by atoms with Crippen LogP contribution in [0.5, 0.6) is 5.88 Å². The lowest BCUT2D eigenvalue weighted by atomic mass is 10.2. The standard InChI is InChI=1S/C20H22F2N8O2/c1-12(24)16(30(25)15-4-2-13(3-5-15)19(21)22)11-32-20-14(9-23)8-17(27-28-20)29-7-6-26-18(31)10-29/h2-5,8,19H,6-7,10-11,24-25H2,1H3,(H,26,31)/b16-12-. The fourth-order valence-electron chi connectivity index (χ4n) is 2.99. The van der Waals surface area contributed by atoms with E-state index < -0.39 is 6.43 Å². The van der Waals surface area contributed by atoms with E-state index in [0.717, 1.165) is 0 Å². The number of hydrazine groups is 1. The van der Waals surface area contributed by atoms with Crippen LogP contribution in [0, 0.1) is 11.3 Å². The molecule has 0 unspecified atom stereocenters. The summed E-state index contributed by atoms with van der Waals surface area (Å²) in [6.07, 6.45) is -2.59. The molecule has 1 amide bonds. The molecule has 12 heteroatoms. The highest BCUT2D eigenvalue weighted by Crippen LogP contribution is 2.24. The summed E-state index contributed by atoms with van der Waals surface area (Å²) >= 11 is 0. The van der Waals surface area contributed by atoms with Gasteiger partial charge >= 0.3 is 0 Å². The molecule has 168 valence electrons. The zero-order chi connectivity index (χ0) is 23.3. The van der Waals surface area contributed by atoms with Gasteiger partial charge < -0.3 is 20.7 Å². The number of nitrogens with two attached hydrogens (primary N) is 2. The van der Waals surface area contributed by atoms with Gasteiger partial charge in [-0.15, -0.1) is 10.2 Å². The Balaban J connectivity index is 1.75. The van der Waals surface area contributed by atoms with Crippen LogP contribution in [0.15, 0.2) is 41.7 Å². The number of piperazine rings is 1. The van der Waals surface area contributed by atoms with E-state index in [-0.39, 0.29) is 36.1 Å². The Morgan fingerprint density at radius 3 is 2.69 bits per heavy atom. The first-order chi connectivity index (χ1) is 15.3. The van der Waals surface area contributed by atoms with Crippen molar-refractivity contribution in [1.29, 1.82) is 5.26 Å². The lowest BCUT2D eigenvalue weighted by Crippen LogP contribution is -2.48. The van der Waals surface area contributed by atoms with Crippen molar-refractivity contribution in [2.75, 3.05) is 36.1 Å². The predicted octanol–water partition coefficient (Wildman–Crippen LogP) is 1.17. The predicted molar refractivity (Wildman–Crippen MR) is 112 cm³/mol. The summed E-state index contributed by atoms with van der Waals surface area (Å²) in [5.41, 5.74) is 7.02. The molecule has 1 saturated heterocycles. The molecule has 0 saturated carbocycles. The van der Waals surface area contributed by atoms with Gasteiger partial charge in [0.25, 0.3) is 12.3 Å². The molecule has 0 bridgehead atoms. The lowest BCUT2D eigenvalue weighted by Gasteiger charge is -2.27. The van der Waals surface area contributed by atoms with Gasteiger partial charge in [-0.25, -0.2) is 14.6 Å². The van der Waals surface area contributed by atoms with E-state index in [2.05, 4.69) is 15.5 Å². The molecule has 5 N–H and O–H groups in total. The Kier molecular flexibility index (Phi) is 7.01. The number of rotatable bonds is 7. The number of allylic oxidation sites excluding steroid dienone is 1. The first-order valence-electron chi connectivity index (χ1n) is 9.60. The second-order valence-electron chi connectivity index (χ2n) is 6.99. The summed E-state index contributed by atoms with van der Waals surface area (Å²) in [6, 6.07) is 8.90. The van der Waals surface area contributed by atoms with Crippen LogP contribution in [0.25, 0.3) is 0 Å². The van der Waals surface area contributed by atoms with Gasteiger partial charge in [0.2, 0.25) is 5.91 Å². The Morgan fingerprint density at radius 1 is 1.38 bits per heavy atom. The van der Waals surface area contributed by atoms with Crippen molar-refractivity contribution in [2.45, 2.75) is 13.3 Å². The number of carbonyl (C=O) groups is 1. The number of carbonyl (C=O) groups excluding carboxylic acids is 1. The molecule has 3 rings (SSSR count). The normalized spacial score (nSPS) is 14.5. The van der Waals surface area contributed by atoms with Crippen LogP contribution in [-0.4, -0.2) is 42.3 Å². The average Bonchev–Trinajstić information content (AvgIpc) is 2.79. The highest BCUT2D eigenvalue weighted by atomic mass is 19.3. The third-order valence-corrected chi connectivity index (χ3v) is 4.74. The van der Waals surface area contributed by atoms with Gasteiger partial charge in [-0.1, -0.05) is 12.1 Å². The van der Waals surface area contributed by atoms with E-state index in [4.69, 9.17) is 16.3 Å². The van der Waals surface area contributed by atoms with Crippen molar-refractivity contribution >= 4 is 17.4 Å². The number of hydrogen-bond acceptors (Lipinski definition) is 9. The van der Waals surface area contributed by atoms with Crippen LogP contribution in [0.4, 0.5) is 20.3 Å². The van der Waals surface area contributed by atoms with Crippen LogP contribution in [0.2, 0.25) is 0 Å². The number of amides is 1. The first-order valence-corrected chi connectivity index (χ1v) is 9.60. The van der Waals surface area contributed by atoms with E-state index in [1.165, 1.54) is 35.3 Å². The van der Waals surface area contributed by atoms with E-state index in [1.54, 1.807) is 11.8 Å². The first kappa shape index (κ1) is 22.7. The van der Waals surface area contributed by atoms with Gasteiger partial charge in [0.15, 0.2) is 5.82 Å². The maximum atomic E-state index is 12.8. The van der Waals surface area contributed by atoms with Gasteiger partial charge in [-0.05, 0) is 19.1 Å². The maximum absolute atomic E-state index is 12.8. The molecule has 2 heterocycles. The minimum absolute atomic E-state index is 0.0297. The third kappa shape index (κ3) is 5.19. The SMILES string of the molecule is C/C(N)=C(\COc1nnc(N2CCNC(=O)C2)cc1C#N)N(N)c1ccc(C(F)F)cc1. The van der Waals surface area contributed by atoms with Crippen LogP contribution in [0.1, 0.15) is 24.5 Å². The fourth-order valence-corrected chi connectivity index (χ4v) is 2.99. The minimum Gasteiger partial charge on any atom is -0.469 e. The van der Waals surface area contributed by atoms with E-state index >= 15 is 0 Å². The Hall–Kier alpha value is -3.98. The molecule has 1 aliphatic rings. The Bertz CT molecular complexity index is 1050. The van der Waals surface area contributed by atoms with Gasteiger partial charge in [-0.3, -0.25) is 9.80 Å². The average molecular weight is 444 g/mol. The van der Waals surface area contributed by atoms with Crippen molar-refractivity contribution in [1.82, 2.24) is 15.5 Å². The molecular formula is C20H22F2N8O2. The summed E-state index contributed by atoms with van der Waals surface area (Å²) < 4.78 is 31.2. The van der Waals surface area contributed by atoms with Crippen molar-refractivity contribution < 1.29 is 18.3 Å². The third-order valence-electron chi connectivity index (χ3n) is 4.74. The quantitative estimate of drug-likeness (QED) is 0.423. The van der Waals surface area contributed by atoms with Crippen molar-refractivity contribution in [2.24, 2.45) is 11.6 Å². The second-order valence-corrected chi connectivity index (χ2v) is 6.99. The van der Waals surface area contributed by atoms with Gasteiger partial charge in [-0.2, -0.15) is 5.26 Å². The number of benzene rings is 1. The summed E-state index contributed by atoms with van der Waals surface area (Å²) in [5, 5.41) is 21.4. The lowest BCUT2D eigenvalue weighted by molar-refractivity contribution is -0.120. The van der Waals surface area contributed by atoms with E-state index in [9.17, 15) is 18.8 Å². The van der Waals surface area contributed by atoms with Gasteiger partial charge in [0.05, 0.1) is 17.9 Å². The largest absolute Gasteiger partial charge is 0.469 e. The molecule has 1 aliphatic heterocycles. The van der Waals surface area contributed by atoms with Crippen LogP contribution in [-0.2, 0) is 4.79 Å². The topological polar surface area (TPSA) is 146 Å². The number of ether oxygens (including phenoxy) is 1. The van der Waals surface area contributed by atoms with Crippen molar-refractivity contribution in [3.8, 4) is 11.9 Å². The van der Waals surface area contributed by atoms with Crippen LogP contribution >= 0.6 is 0 Å². The number of anilines is 2. The molecule has 1 fully saturated rings. The Labute approximate surface area is 183 Å². The molecule has 1 aromatic carbocycles. The summed E-state index contributed by atoms with van der Waals surface area (Å²) in [4.78, 5) is 13.3. The van der Waals surface area contributed by atoms with Crippen molar-refractivity contribution in [3.63, 3.8) is 0 Å². The molecule has 10 nitrogen and oxygen atoms in total. The summed E-state index contributed by atoms with van der Waals surface area (Å²) in [7, 11) is 0. The summed E-state index contributed by atoms with van der Waals surface area (Å²) in [6.45, 7) is 2.58. The van der Waals surface area contributed by atoms with E-state index in [0.29, 0.717) is 36.0 Å². The summed E-state index contributed by atoms with van der Waals surface area (Å²) in [5.74, 6) is 6.33. The number of halogens is 2.